The lowest BCUT2D eigenvalue weighted by Gasteiger charge is -2.39. The van der Waals surface area contributed by atoms with Gasteiger partial charge in [-0.15, -0.1) is 0 Å². The standard InChI is InChI=1S/C22H20O10/c1-10(23)30-20-18(26)19(27)21(28)32-22(20)31-13-6-7-14-16(8-13)29-9-15(17(14)25)11-2-4-12(24)5-3-11/h2-9,18-22,24,26-28H,1H3/t18-,19-,20-,21?,22?/m0/s1. The van der Waals surface area contributed by atoms with Gasteiger partial charge in [0.1, 0.15) is 35.6 Å². The molecule has 3 aromatic rings. The van der Waals surface area contributed by atoms with Gasteiger partial charge in [0.25, 0.3) is 0 Å². The summed E-state index contributed by atoms with van der Waals surface area (Å²) >= 11 is 0. The van der Waals surface area contributed by atoms with Crippen molar-refractivity contribution >= 4 is 16.9 Å². The SMILES string of the molecule is CC(=O)O[C@@H]1C(Oc2ccc3c(=O)c(-c4ccc(O)cc4)coc3c2)OC(O)[C@@H](O)[C@@H]1O. The zero-order valence-corrected chi connectivity index (χ0v) is 16.7. The maximum Gasteiger partial charge on any atom is 0.303 e. The van der Waals surface area contributed by atoms with Crippen LogP contribution in [0, 0.1) is 0 Å². The van der Waals surface area contributed by atoms with Crippen LogP contribution >= 0.6 is 0 Å². The number of fused-ring (bicyclic) bond motifs is 1. The molecule has 1 aromatic heterocycles. The van der Waals surface area contributed by atoms with Crippen LogP contribution in [0.5, 0.6) is 11.5 Å². The molecule has 0 radical (unpaired) electrons. The molecule has 10 nitrogen and oxygen atoms in total. The molecule has 32 heavy (non-hydrogen) atoms. The Kier molecular flexibility index (Phi) is 5.85. The number of phenolic OH excluding ortho intramolecular Hbond substituents is 1. The Labute approximate surface area is 180 Å². The van der Waals surface area contributed by atoms with Gasteiger partial charge >= 0.3 is 5.97 Å². The van der Waals surface area contributed by atoms with Crippen molar-refractivity contribution in [2.24, 2.45) is 0 Å². The van der Waals surface area contributed by atoms with Crippen LogP contribution < -0.4 is 10.2 Å². The van der Waals surface area contributed by atoms with Gasteiger partial charge in [0.05, 0.1) is 10.9 Å². The summed E-state index contributed by atoms with van der Waals surface area (Å²) in [7, 11) is 0. The van der Waals surface area contributed by atoms with E-state index in [-0.39, 0.29) is 27.9 Å². The molecule has 1 fully saturated rings. The summed E-state index contributed by atoms with van der Waals surface area (Å²) in [5, 5.41) is 39.4. The highest BCUT2D eigenvalue weighted by Crippen LogP contribution is 2.28. The predicted octanol–water partition coefficient (Wildman–Crippen LogP) is 0.873. The van der Waals surface area contributed by atoms with E-state index in [9.17, 15) is 30.0 Å². The van der Waals surface area contributed by atoms with E-state index in [1.54, 1.807) is 12.1 Å². The molecule has 2 aromatic carbocycles. The average molecular weight is 444 g/mol. The first kappa shape index (κ1) is 21.8. The molecule has 0 aliphatic carbocycles. The molecule has 0 bridgehead atoms. The van der Waals surface area contributed by atoms with Crippen molar-refractivity contribution in [1.82, 2.24) is 0 Å². The minimum atomic E-state index is -1.77. The molecule has 1 saturated heterocycles. The van der Waals surface area contributed by atoms with Crippen LogP contribution in [0.4, 0.5) is 0 Å². The number of benzene rings is 2. The number of carbonyl (C=O) groups is 1. The van der Waals surface area contributed by atoms with Crippen LogP contribution in [0.3, 0.4) is 0 Å². The fourth-order valence-electron chi connectivity index (χ4n) is 3.39. The van der Waals surface area contributed by atoms with Gasteiger partial charge in [0.2, 0.25) is 6.29 Å². The van der Waals surface area contributed by atoms with E-state index in [1.807, 2.05) is 0 Å². The smallest absolute Gasteiger partial charge is 0.303 e. The Morgan fingerprint density at radius 3 is 2.44 bits per heavy atom. The van der Waals surface area contributed by atoms with Crippen LogP contribution in [-0.4, -0.2) is 57.3 Å². The number of hydrogen-bond donors (Lipinski definition) is 4. The summed E-state index contributed by atoms with van der Waals surface area (Å²) in [4.78, 5) is 24.2. The number of rotatable bonds is 4. The van der Waals surface area contributed by atoms with Crippen molar-refractivity contribution in [2.75, 3.05) is 0 Å². The number of ether oxygens (including phenoxy) is 3. The number of esters is 1. The second-order valence-electron chi connectivity index (χ2n) is 7.25. The van der Waals surface area contributed by atoms with Crippen molar-refractivity contribution in [3.05, 3.63) is 59.0 Å². The normalized spacial score (nSPS) is 25.4. The molecule has 2 heterocycles. The Morgan fingerprint density at radius 2 is 1.75 bits per heavy atom. The molecule has 1 aliphatic rings. The first-order chi connectivity index (χ1) is 15.2. The highest BCUT2D eigenvalue weighted by Gasteiger charge is 2.47. The summed E-state index contributed by atoms with van der Waals surface area (Å²) in [5.74, 6) is -0.544. The minimum Gasteiger partial charge on any atom is -0.508 e. The summed E-state index contributed by atoms with van der Waals surface area (Å²) in [6, 6.07) is 10.4. The third kappa shape index (κ3) is 4.16. The molecule has 4 rings (SSSR count). The molecule has 0 amide bonds. The number of phenols is 1. The highest BCUT2D eigenvalue weighted by atomic mass is 16.8. The average Bonchev–Trinajstić information content (AvgIpc) is 2.76. The maximum absolute atomic E-state index is 12.9. The Balaban J connectivity index is 1.63. The van der Waals surface area contributed by atoms with E-state index >= 15 is 0 Å². The second-order valence-corrected chi connectivity index (χ2v) is 7.25. The van der Waals surface area contributed by atoms with E-state index in [2.05, 4.69) is 0 Å². The lowest BCUT2D eigenvalue weighted by molar-refractivity contribution is -0.323. The van der Waals surface area contributed by atoms with Gasteiger partial charge in [-0.1, -0.05) is 12.1 Å². The summed E-state index contributed by atoms with van der Waals surface area (Å²) in [5.41, 5.74) is 0.761. The van der Waals surface area contributed by atoms with Gasteiger partial charge in [-0.05, 0) is 29.8 Å². The van der Waals surface area contributed by atoms with Crippen molar-refractivity contribution in [3.8, 4) is 22.6 Å². The molecule has 4 N–H and O–H groups in total. The Bertz CT molecular complexity index is 1190. The number of carbonyl (C=O) groups excluding carboxylic acids is 1. The van der Waals surface area contributed by atoms with Crippen molar-refractivity contribution in [2.45, 2.75) is 37.8 Å². The fraction of sp³-hybridized carbons (Fsp3) is 0.273. The van der Waals surface area contributed by atoms with Crippen LogP contribution in [0.15, 0.2) is 57.9 Å². The molecular formula is C22H20O10. The summed E-state index contributed by atoms with van der Waals surface area (Å²) < 4.78 is 21.3. The second kappa shape index (κ2) is 8.60. The molecule has 1 aliphatic heterocycles. The lowest BCUT2D eigenvalue weighted by Crippen LogP contribution is -2.60. The molecule has 10 heteroatoms. The fourth-order valence-corrected chi connectivity index (χ4v) is 3.39. The van der Waals surface area contributed by atoms with Crippen molar-refractivity contribution < 1.29 is 43.8 Å². The van der Waals surface area contributed by atoms with Gasteiger partial charge in [0.15, 0.2) is 17.8 Å². The quantitative estimate of drug-likeness (QED) is 0.426. The van der Waals surface area contributed by atoms with Crippen molar-refractivity contribution in [3.63, 3.8) is 0 Å². The zero-order valence-electron chi connectivity index (χ0n) is 16.7. The topological polar surface area (TPSA) is 156 Å². The Hall–Kier alpha value is -3.44. The van der Waals surface area contributed by atoms with E-state index in [4.69, 9.17) is 18.6 Å². The number of aliphatic hydroxyl groups is 3. The highest BCUT2D eigenvalue weighted by molar-refractivity contribution is 5.82. The van der Waals surface area contributed by atoms with Gasteiger partial charge in [-0.3, -0.25) is 9.59 Å². The zero-order chi connectivity index (χ0) is 23.0. The van der Waals surface area contributed by atoms with Gasteiger partial charge in [-0.2, -0.15) is 0 Å². The summed E-state index contributed by atoms with van der Waals surface area (Å²) in [6.45, 7) is 1.11. The van der Waals surface area contributed by atoms with E-state index in [0.717, 1.165) is 6.92 Å². The van der Waals surface area contributed by atoms with Crippen LogP contribution in [-0.2, 0) is 14.3 Å². The van der Waals surface area contributed by atoms with Gasteiger partial charge in [-0.25, -0.2) is 0 Å². The van der Waals surface area contributed by atoms with E-state index in [1.165, 1.54) is 36.6 Å². The first-order valence-corrected chi connectivity index (χ1v) is 9.63. The molecule has 168 valence electrons. The van der Waals surface area contributed by atoms with Crippen molar-refractivity contribution in [1.29, 1.82) is 0 Å². The van der Waals surface area contributed by atoms with Crippen LogP contribution in [0.2, 0.25) is 0 Å². The number of hydrogen-bond acceptors (Lipinski definition) is 10. The van der Waals surface area contributed by atoms with Gasteiger partial charge < -0.3 is 39.1 Å². The monoisotopic (exact) mass is 444 g/mol. The van der Waals surface area contributed by atoms with E-state index < -0.39 is 36.9 Å². The molecule has 2 unspecified atom stereocenters. The molecule has 5 atom stereocenters. The lowest BCUT2D eigenvalue weighted by atomic mass is 10.0. The third-order valence-electron chi connectivity index (χ3n) is 5.00. The molecular weight excluding hydrogens is 424 g/mol. The first-order valence-electron chi connectivity index (χ1n) is 9.63. The summed E-state index contributed by atoms with van der Waals surface area (Å²) in [6.07, 6.45) is -6.69. The Morgan fingerprint density at radius 1 is 1.03 bits per heavy atom. The van der Waals surface area contributed by atoms with Gasteiger partial charge in [0, 0.05) is 13.0 Å². The molecule has 0 spiro atoms. The maximum atomic E-state index is 12.9. The molecule has 0 saturated carbocycles. The predicted molar refractivity (Wildman–Crippen MR) is 109 cm³/mol. The van der Waals surface area contributed by atoms with Crippen LogP contribution in [0.25, 0.3) is 22.1 Å². The van der Waals surface area contributed by atoms with Crippen LogP contribution in [0.1, 0.15) is 6.92 Å². The largest absolute Gasteiger partial charge is 0.508 e. The number of aliphatic hydroxyl groups excluding tert-OH is 3. The van der Waals surface area contributed by atoms with E-state index in [0.29, 0.717) is 11.1 Å². The minimum absolute atomic E-state index is 0.0699. The number of aromatic hydroxyl groups is 1. The third-order valence-corrected chi connectivity index (χ3v) is 5.00.